The number of imide groups is 1. The number of thioether (sulfide) groups is 1. The van der Waals surface area contributed by atoms with Gasteiger partial charge in [0.1, 0.15) is 6.04 Å². The fourth-order valence-electron chi connectivity index (χ4n) is 3.87. The fraction of sp³-hybridized carbons (Fsp3) is 0.115. The number of carbonyl (C=O) groups is 4. The van der Waals surface area contributed by atoms with Gasteiger partial charge in [-0.1, -0.05) is 48.2 Å². The number of amides is 4. The molecule has 0 spiro atoms. The van der Waals surface area contributed by atoms with Crippen LogP contribution in [0.2, 0.25) is 0 Å². The van der Waals surface area contributed by atoms with Crippen molar-refractivity contribution in [1.29, 1.82) is 0 Å². The molecular formula is C26H21N5O4S. The van der Waals surface area contributed by atoms with Crippen LogP contribution in [0, 0.1) is 0 Å². The lowest BCUT2D eigenvalue weighted by Crippen LogP contribution is -2.52. The number of hydrogen-bond acceptors (Lipinski definition) is 6. The third kappa shape index (κ3) is 4.46. The molecule has 0 saturated heterocycles. The van der Waals surface area contributed by atoms with E-state index in [4.69, 9.17) is 0 Å². The van der Waals surface area contributed by atoms with Gasteiger partial charge in [-0.05, 0) is 48.9 Å². The molecule has 0 radical (unpaired) electrons. The molecule has 4 amide bonds. The minimum absolute atomic E-state index is 0.254. The molecule has 36 heavy (non-hydrogen) atoms. The van der Waals surface area contributed by atoms with Crippen molar-refractivity contribution >= 4 is 46.4 Å². The first-order valence-corrected chi connectivity index (χ1v) is 12.1. The Hall–Kier alpha value is -4.44. The summed E-state index contributed by atoms with van der Waals surface area (Å²) in [6.07, 6.45) is 0. The van der Waals surface area contributed by atoms with Crippen LogP contribution in [-0.4, -0.2) is 44.5 Å². The third-order valence-electron chi connectivity index (χ3n) is 5.85. The zero-order valence-electron chi connectivity index (χ0n) is 19.1. The van der Waals surface area contributed by atoms with Gasteiger partial charge in [0.25, 0.3) is 23.6 Å². The molecule has 1 aliphatic heterocycles. The number of H-pyrrole nitrogens is 1. The molecule has 0 fully saturated rings. The number of rotatable bonds is 6. The second-order valence-corrected chi connectivity index (χ2v) is 9.15. The van der Waals surface area contributed by atoms with Gasteiger partial charge in [-0.15, -0.1) is 0 Å². The van der Waals surface area contributed by atoms with Gasteiger partial charge in [-0.2, -0.15) is 0 Å². The second-order valence-electron chi connectivity index (χ2n) is 8.19. The first-order chi connectivity index (χ1) is 17.4. The largest absolute Gasteiger partial charge is 0.333 e. The predicted octanol–water partition coefficient (Wildman–Crippen LogP) is 3.30. The van der Waals surface area contributed by atoms with Crippen molar-refractivity contribution in [1.82, 2.24) is 25.7 Å². The lowest BCUT2D eigenvalue weighted by molar-refractivity contribution is -0.125. The highest BCUT2D eigenvalue weighted by molar-refractivity contribution is 7.98. The van der Waals surface area contributed by atoms with Crippen molar-refractivity contribution < 1.29 is 19.2 Å². The molecule has 4 aromatic rings. The Labute approximate surface area is 210 Å². The number of hydrogen-bond donors (Lipinski definition) is 3. The van der Waals surface area contributed by atoms with Gasteiger partial charge in [-0.3, -0.25) is 34.9 Å². The molecule has 2 heterocycles. The smallest absolute Gasteiger partial charge is 0.269 e. The molecule has 0 aliphatic carbocycles. The summed E-state index contributed by atoms with van der Waals surface area (Å²) in [6.45, 7) is 1.43. The third-order valence-corrected chi connectivity index (χ3v) is 6.80. The van der Waals surface area contributed by atoms with Crippen molar-refractivity contribution in [2.75, 3.05) is 0 Å². The average Bonchev–Trinajstić information content (AvgIpc) is 3.44. The maximum atomic E-state index is 12.6. The molecule has 0 saturated carbocycles. The number of carbonyl (C=O) groups excluding carboxylic acids is 4. The van der Waals surface area contributed by atoms with Gasteiger partial charge in [0.2, 0.25) is 0 Å². The Bertz CT molecular complexity index is 1430. The van der Waals surface area contributed by atoms with Crippen molar-refractivity contribution in [3.63, 3.8) is 0 Å². The number of nitrogens with one attached hydrogen (secondary N) is 3. The Balaban J connectivity index is 1.14. The minimum atomic E-state index is -1.10. The summed E-state index contributed by atoms with van der Waals surface area (Å²) in [4.78, 5) is 58.9. The summed E-state index contributed by atoms with van der Waals surface area (Å²) in [5.41, 5.74) is 8.38. The van der Waals surface area contributed by atoms with Crippen LogP contribution in [0.25, 0.3) is 11.0 Å². The second kappa shape index (κ2) is 9.67. The Morgan fingerprint density at radius 1 is 0.917 bits per heavy atom. The van der Waals surface area contributed by atoms with E-state index in [9.17, 15) is 19.2 Å². The monoisotopic (exact) mass is 499 g/mol. The van der Waals surface area contributed by atoms with Gasteiger partial charge in [0.05, 0.1) is 22.2 Å². The van der Waals surface area contributed by atoms with Crippen LogP contribution in [0.15, 0.2) is 78.0 Å². The first kappa shape index (κ1) is 23.3. The summed E-state index contributed by atoms with van der Waals surface area (Å²) >= 11 is 1.55. The van der Waals surface area contributed by atoms with Crippen molar-refractivity contribution in [3.8, 4) is 0 Å². The Kier molecular flexibility index (Phi) is 6.26. The molecule has 3 N–H and O–H groups in total. The summed E-state index contributed by atoms with van der Waals surface area (Å²) in [6, 6.07) is 20.1. The normalized spacial score (nSPS) is 13.5. The van der Waals surface area contributed by atoms with Crippen molar-refractivity contribution in [2.45, 2.75) is 23.9 Å². The molecular weight excluding hydrogens is 478 g/mol. The van der Waals surface area contributed by atoms with Crippen LogP contribution in [0.4, 0.5) is 0 Å². The molecule has 180 valence electrons. The van der Waals surface area contributed by atoms with E-state index < -0.39 is 29.7 Å². The van der Waals surface area contributed by atoms with Crippen molar-refractivity contribution in [3.05, 3.63) is 95.1 Å². The quantitative estimate of drug-likeness (QED) is 0.212. The van der Waals surface area contributed by atoms with E-state index in [2.05, 4.69) is 20.8 Å². The lowest BCUT2D eigenvalue weighted by atomic mass is 10.1. The van der Waals surface area contributed by atoms with Gasteiger partial charge in [-0.25, -0.2) is 4.98 Å². The highest BCUT2D eigenvalue weighted by Gasteiger charge is 2.40. The molecule has 3 aromatic carbocycles. The number of nitrogens with zero attached hydrogens (tertiary/aromatic N) is 2. The van der Waals surface area contributed by atoms with Gasteiger partial charge >= 0.3 is 0 Å². The molecule has 5 rings (SSSR count). The predicted molar refractivity (Wildman–Crippen MR) is 134 cm³/mol. The van der Waals surface area contributed by atoms with E-state index in [1.807, 2.05) is 36.4 Å². The first-order valence-electron chi connectivity index (χ1n) is 11.2. The van der Waals surface area contributed by atoms with Crippen LogP contribution in [-0.2, 0) is 10.5 Å². The van der Waals surface area contributed by atoms with Crippen molar-refractivity contribution in [2.24, 2.45) is 0 Å². The SMILES string of the molecule is CC(C(=O)NNC(=O)c1ccc(CSc2nc3ccccc3[nH]2)cc1)N1C(=O)c2ccccc2C1=O. The summed E-state index contributed by atoms with van der Waals surface area (Å²) < 4.78 is 0. The molecule has 10 heteroatoms. The molecule has 1 atom stereocenters. The standard InChI is InChI=1S/C26H21N5O4S/c1-15(31-24(34)18-6-2-3-7-19(18)25(31)35)22(32)29-30-23(33)17-12-10-16(11-13-17)14-36-26-27-20-8-4-5-9-21(20)28-26/h2-13,15H,14H2,1H3,(H,27,28)(H,29,32)(H,30,33). The van der Waals surface area contributed by atoms with E-state index in [0.29, 0.717) is 11.3 Å². The van der Waals surface area contributed by atoms with E-state index in [1.54, 1.807) is 48.2 Å². The zero-order chi connectivity index (χ0) is 25.2. The van der Waals surface area contributed by atoms with E-state index in [-0.39, 0.29) is 11.1 Å². The summed E-state index contributed by atoms with van der Waals surface area (Å²) in [5.74, 6) is -1.62. The molecule has 0 bridgehead atoms. The number of benzene rings is 3. The zero-order valence-corrected chi connectivity index (χ0v) is 20.0. The highest BCUT2D eigenvalue weighted by atomic mass is 32.2. The molecule has 1 unspecified atom stereocenters. The summed E-state index contributed by atoms with van der Waals surface area (Å²) in [5, 5.41) is 0.813. The van der Waals surface area contributed by atoms with Gasteiger partial charge in [0.15, 0.2) is 5.16 Å². The van der Waals surface area contributed by atoms with Crippen LogP contribution >= 0.6 is 11.8 Å². The number of hydrazine groups is 1. The van der Waals surface area contributed by atoms with Gasteiger partial charge < -0.3 is 4.98 Å². The average molecular weight is 500 g/mol. The molecule has 1 aromatic heterocycles. The van der Waals surface area contributed by atoms with Crippen LogP contribution < -0.4 is 10.9 Å². The number of imidazole rings is 1. The minimum Gasteiger partial charge on any atom is -0.333 e. The van der Waals surface area contributed by atoms with E-state index in [0.717, 1.165) is 26.7 Å². The van der Waals surface area contributed by atoms with E-state index in [1.165, 1.54) is 6.92 Å². The maximum Gasteiger partial charge on any atom is 0.269 e. The number of fused-ring (bicyclic) bond motifs is 2. The Morgan fingerprint density at radius 3 is 2.22 bits per heavy atom. The Morgan fingerprint density at radius 2 is 1.56 bits per heavy atom. The maximum absolute atomic E-state index is 12.6. The van der Waals surface area contributed by atoms with Crippen LogP contribution in [0.1, 0.15) is 43.6 Å². The molecule has 1 aliphatic rings. The van der Waals surface area contributed by atoms with Gasteiger partial charge in [0, 0.05) is 11.3 Å². The number of para-hydroxylation sites is 2. The fourth-order valence-corrected chi connectivity index (χ4v) is 4.71. The van der Waals surface area contributed by atoms with Crippen LogP contribution in [0.5, 0.6) is 0 Å². The van der Waals surface area contributed by atoms with Crippen LogP contribution in [0.3, 0.4) is 0 Å². The topological polar surface area (TPSA) is 124 Å². The van der Waals surface area contributed by atoms with E-state index >= 15 is 0 Å². The number of aromatic nitrogens is 2. The lowest BCUT2D eigenvalue weighted by Gasteiger charge is -2.21. The molecule has 9 nitrogen and oxygen atoms in total. The highest BCUT2D eigenvalue weighted by Crippen LogP contribution is 2.25. The summed E-state index contributed by atoms with van der Waals surface area (Å²) in [7, 11) is 0. The number of aromatic amines is 1.